The van der Waals surface area contributed by atoms with E-state index in [-0.39, 0.29) is 17.6 Å². The monoisotopic (exact) mass is 458 g/mol. The van der Waals surface area contributed by atoms with Gasteiger partial charge in [-0.15, -0.1) is 0 Å². The average molecular weight is 459 g/mol. The molecule has 3 aromatic rings. The number of aromatic nitrogens is 3. The van der Waals surface area contributed by atoms with Crippen LogP contribution in [0, 0.1) is 5.41 Å². The van der Waals surface area contributed by atoms with E-state index in [2.05, 4.69) is 26.1 Å². The van der Waals surface area contributed by atoms with Crippen LogP contribution in [0.5, 0.6) is 0 Å². The van der Waals surface area contributed by atoms with Crippen LogP contribution in [-0.2, 0) is 16.8 Å². The van der Waals surface area contributed by atoms with Crippen molar-refractivity contribution in [1.82, 2.24) is 20.1 Å². The van der Waals surface area contributed by atoms with E-state index in [9.17, 15) is 9.90 Å². The summed E-state index contributed by atoms with van der Waals surface area (Å²) in [7, 11) is 0. The van der Waals surface area contributed by atoms with E-state index in [1.165, 1.54) is 6.20 Å². The third-order valence-electron chi connectivity index (χ3n) is 6.51. The van der Waals surface area contributed by atoms with Crippen molar-refractivity contribution in [1.29, 1.82) is 5.41 Å². The maximum atomic E-state index is 13.3. The van der Waals surface area contributed by atoms with E-state index < -0.39 is 5.41 Å². The van der Waals surface area contributed by atoms with Crippen LogP contribution < -0.4 is 5.73 Å². The standard InChI is InChI=1S/C26H30N6O2/c1-26(2,20-5-8-30-31-15-20)25(34)24(28)22-12-18(3-4-23(22)27)19-11-17(13-29-14-19)16-32-9-6-21(33)7-10-32/h3-5,8,11-15,21,28,33H,6-7,9-10,16,27H2,1-2H3. The van der Waals surface area contributed by atoms with Crippen LogP contribution >= 0.6 is 0 Å². The van der Waals surface area contributed by atoms with E-state index >= 15 is 0 Å². The normalized spacial score (nSPS) is 15.3. The molecule has 1 fully saturated rings. The number of pyridine rings is 1. The fraction of sp³-hybridized carbons (Fsp3) is 0.346. The predicted molar refractivity (Wildman–Crippen MR) is 131 cm³/mol. The zero-order valence-corrected chi connectivity index (χ0v) is 19.5. The third-order valence-corrected chi connectivity index (χ3v) is 6.51. The minimum absolute atomic E-state index is 0.142. The summed E-state index contributed by atoms with van der Waals surface area (Å²) >= 11 is 0. The zero-order valence-electron chi connectivity index (χ0n) is 19.5. The molecule has 0 radical (unpaired) electrons. The van der Waals surface area contributed by atoms with E-state index in [1.807, 2.05) is 12.3 Å². The number of carbonyl (C=O) groups excluding carboxylic acids is 1. The molecule has 1 aromatic carbocycles. The number of nitrogen functional groups attached to an aromatic ring is 1. The largest absolute Gasteiger partial charge is 0.398 e. The number of anilines is 1. The van der Waals surface area contributed by atoms with Gasteiger partial charge in [-0.1, -0.05) is 6.07 Å². The average Bonchev–Trinajstić information content (AvgIpc) is 2.85. The molecule has 3 heterocycles. The Kier molecular flexibility index (Phi) is 6.81. The van der Waals surface area contributed by atoms with Crippen molar-refractivity contribution in [3.05, 3.63) is 71.8 Å². The Labute approximate surface area is 199 Å². The molecule has 8 nitrogen and oxygen atoms in total. The predicted octanol–water partition coefficient (Wildman–Crippen LogP) is 2.99. The molecular formula is C26H30N6O2. The van der Waals surface area contributed by atoms with Crippen molar-refractivity contribution in [2.24, 2.45) is 0 Å². The second kappa shape index (κ2) is 9.79. The Morgan fingerprint density at radius 2 is 1.88 bits per heavy atom. The molecule has 0 spiro atoms. The highest BCUT2D eigenvalue weighted by atomic mass is 16.3. The number of hydrogen-bond acceptors (Lipinski definition) is 8. The zero-order chi connectivity index (χ0) is 24.3. The third kappa shape index (κ3) is 5.03. The maximum Gasteiger partial charge on any atom is 0.191 e. The Bertz CT molecular complexity index is 1190. The van der Waals surface area contributed by atoms with Crippen molar-refractivity contribution in [2.45, 2.75) is 44.8 Å². The number of hydrogen-bond donors (Lipinski definition) is 3. The number of nitrogens with one attached hydrogen (secondary N) is 1. The summed E-state index contributed by atoms with van der Waals surface area (Å²) in [5.41, 5.74) is 9.38. The molecule has 0 aliphatic carbocycles. The number of benzene rings is 1. The fourth-order valence-corrected chi connectivity index (χ4v) is 4.25. The summed E-state index contributed by atoms with van der Waals surface area (Å²) in [6.45, 7) is 6.03. The van der Waals surface area contributed by atoms with E-state index in [4.69, 9.17) is 11.1 Å². The summed E-state index contributed by atoms with van der Waals surface area (Å²) in [5.74, 6) is -0.344. The number of ketones is 1. The Balaban J connectivity index is 1.58. The van der Waals surface area contributed by atoms with Gasteiger partial charge in [-0.3, -0.25) is 20.1 Å². The molecule has 1 saturated heterocycles. The van der Waals surface area contributed by atoms with Crippen LogP contribution in [0.2, 0.25) is 0 Å². The van der Waals surface area contributed by atoms with Gasteiger partial charge in [0.05, 0.1) is 17.7 Å². The summed E-state index contributed by atoms with van der Waals surface area (Å²) in [6.07, 6.45) is 8.08. The summed E-state index contributed by atoms with van der Waals surface area (Å²) < 4.78 is 0. The van der Waals surface area contributed by atoms with Crippen LogP contribution in [0.25, 0.3) is 11.1 Å². The fourth-order valence-electron chi connectivity index (χ4n) is 4.25. The summed E-state index contributed by atoms with van der Waals surface area (Å²) in [4.78, 5) is 20.0. The molecule has 0 atom stereocenters. The summed E-state index contributed by atoms with van der Waals surface area (Å²) in [6, 6.07) is 9.21. The summed E-state index contributed by atoms with van der Waals surface area (Å²) in [5, 5.41) is 26.0. The Hall–Kier alpha value is -3.49. The smallest absolute Gasteiger partial charge is 0.191 e. The van der Waals surface area contributed by atoms with Crippen LogP contribution in [0.4, 0.5) is 5.69 Å². The number of nitrogens with two attached hydrogens (primary N) is 1. The van der Waals surface area contributed by atoms with E-state index in [1.54, 1.807) is 44.4 Å². The highest BCUT2D eigenvalue weighted by molar-refractivity contribution is 6.48. The van der Waals surface area contributed by atoms with Gasteiger partial charge >= 0.3 is 0 Å². The van der Waals surface area contributed by atoms with Gasteiger partial charge in [-0.05, 0) is 67.6 Å². The number of aliphatic hydroxyl groups is 1. The number of aliphatic hydroxyl groups excluding tert-OH is 1. The molecule has 2 aromatic heterocycles. The number of piperidine rings is 1. The van der Waals surface area contributed by atoms with Crippen molar-refractivity contribution in [3.63, 3.8) is 0 Å². The number of Topliss-reactive ketones (excluding diaryl/α,β-unsaturated/α-hetero) is 1. The molecule has 176 valence electrons. The van der Waals surface area contributed by atoms with Crippen molar-refractivity contribution < 1.29 is 9.90 Å². The lowest BCUT2D eigenvalue weighted by Crippen LogP contribution is -2.35. The molecule has 0 bridgehead atoms. The number of rotatable bonds is 7. The van der Waals surface area contributed by atoms with Crippen LogP contribution in [0.3, 0.4) is 0 Å². The first kappa shape index (κ1) is 23.7. The lowest BCUT2D eigenvalue weighted by molar-refractivity contribution is -0.117. The quantitative estimate of drug-likeness (QED) is 0.367. The van der Waals surface area contributed by atoms with Gasteiger partial charge in [-0.25, -0.2) is 0 Å². The molecule has 1 aliphatic rings. The number of likely N-dealkylation sites (tertiary alicyclic amines) is 1. The minimum Gasteiger partial charge on any atom is -0.398 e. The maximum absolute atomic E-state index is 13.3. The van der Waals surface area contributed by atoms with Gasteiger partial charge in [0.15, 0.2) is 5.78 Å². The van der Waals surface area contributed by atoms with Gasteiger partial charge in [0.1, 0.15) is 5.71 Å². The van der Waals surface area contributed by atoms with Crippen molar-refractivity contribution >= 4 is 17.2 Å². The Morgan fingerprint density at radius 3 is 2.59 bits per heavy atom. The topological polar surface area (TPSA) is 129 Å². The van der Waals surface area contributed by atoms with Gasteiger partial charge < -0.3 is 10.8 Å². The first-order chi connectivity index (χ1) is 16.3. The lowest BCUT2D eigenvalue weighted by Gasteiger charge is -2.29. The number of carbonyl (C=O) groups is 1. The second-order valence-electron chi connectivity index (χ2n) is 9.35. The van der Waals surface area contributed by atoms with Gasteiger partial charge in [0, 0.05) is 55.0 Å². The minimum atomic E-state index is -0.945. The highest BCUT2D eigenvalue weighted by Crippen LogP contribution is 2.29. The number of nitrogens with zero attached hydrogens (tertiary/aromatic N) is 4. The highest BCUT2D eigenvalue weighted by Gasteiger charge is 2.34. The van der Waals surface area contributed by atoms with Gasteiger partial charge in [0.2, 0.25) is 0 Å². The molecule has 0 unspecified atom stereocenters. The first-order valence-electron chi connectivity index (χ1n) is 11.4. The molecular weight excluding hydrogens is 428 g/mol. The van der Waals surface area contributed by atoms with Crippen LogP contribution in [-0.4, -0.2) is 55.9 Å². The molecule has 4 N–H and O–H groups in total. The molecule has 34 heavy (non-hydrogen) atoms. The molecule has 1 aliphatic heterocycles. The van der Waals surface area contributed by atoms with Crippen LogP contribution in [0.1, 0.15) is 43.4 Å². The van der Waals surface area contributed by atoms with Gasteiger partial charge in [0.25, 0.3) is 0 Å². The van der Waals surface area contributed by atoms with E-state index in [0.717, 1.165) is 49.2 Å². The molecule has 0 saturated carbocycles. The Morgan fingerprint density at radius 1 is 1.12 bits per heavy atom. The van der Waals surface area contributed by atoms with Crippen molar-refractivity contribution in [3.8, 4) is 11.1 Å². The lowest BCUT2D eigenvalue weighted by atomic mass is 9.78. The molecule has 4 rings (SSSR count). The van der Waals surface area contributed by atoms with Crippen LogP contribution in [0.15, 0.2) is 55.1 Å². The second-order valence-corrected chi connectivity index (χ2v) is 9.35. The SMILES string of the molecule is CC(C)(C(=O)C(=N)c1cc(-c2cncc(CN3CCC(O)CC3)c2)ccc1N)c1ccnnc1. The van der Waals surface area contributed by atoms with E-state index in [0.29, 0.717) is 16.8 Å². The first-order valence-corrected chi connectivity index (χ1v) is 11.4. The van der Waals surface area contributed by atoms with Crippen molar-refractivity contribution in [2.75, 3.05) is 18.8 Å². The van der Waals surface area contributed by atoms with Gasteiger partial charge in [-0.2, -0.15) is 10.2 Å². The molecule has 8 heteroatoms. The molecule has 0 amide bonds.